The molecular formula is C12H14N2O5. The van der Waals surface area contributed by atoms with Gasteiger partial charge in [0.25, 0.3) is 0 Å². The van der Waals surface area contributed by atoms with E-state index >= 15 is 0 Å². The van der Waals surface area contributed by atoms with Crippen LogP contribution >= 0.6 is 0 Å². The third-order valence-electron chi connectivity index (χ3n) is 2.85. The molecule has 7 nitrogen and oxygen atoms in total. The number of pyridine rings is 1. The zero-order chi connectivity index (χ0) is 13.8. The molecule has 1 aliphatic heterocycles. The number of hydrogen-bond donors (Lipinski definition) is 1. The number of aliphatic carboxylic acids is 1. The van der Waals surface area contributed by atoms with Gasteiger partial charge in [0.15, 0.2) is 6.10 Å². The average Bonchev–Trinajstić information content (AvgIpc) is 2.46. The molecular weight excluding hydrogens is 252 g/mol. The summed E-state index contributed by atoms with van der Waals surface area (Å²) in [5, 5.41) is 8.95. The molecule has 102 valence electrons. The van der Waals surface area contributed by atoms with Crippen molar-refractivity contribution in [2.24, 2.45) is 0 Å². The maximum atomic E-state index is 11.4. The number of methoxy groups -OCH3 is 1. The Bertz CT molecular complexity index is 491. The van der Waals surface area contributed by atoms with Gasteiger partial charge in [-0.25, -0.2) is 14.6 Å². The van der Waals surface area contributed by atoms with E-state index in [4.69, 9.17) is 9.84 Å². The molecule has 1 saturated heterocycles. The number of carboxylic acids is 1. The summed E-state index contributed by atoms with van der Waals surface area (Å²) in [5.41, 5.74) is 0.920. The molecule has 1 aliphatic rings. The molecule has 7 heteroatoms. The van der Waals surface area contributed by atoms with Crippen molar-refractivity contribution in [1.29, 1.82) is 0 Å². The summed E-state index contributed by atoms with van der Waals surface area (Å²) in [6.07, 6.45) is 0.635. The van der Waals surface area contributed by atoms with Gasteiger partial charge in [-0.2, -0.15) is 0 Å². The lowest BCUT2D eigenvalue weighted by Gasteiger charge is -2.32. The molecule has 0 spiro atoms. The van der Waals surface area contributed by atoms with E-state index in [-0.39, 0.29) is 12.2 Å². The molecule has 0 saturated carbocycles. The van der Waals surface area contributed by atoms with Crippen LogP contribution in [0.4, 0.5) is 5.69 Å². The molecule has 1 aromatic heterocycles. The lowest BCUT2D eigenvalue weighted by Crippen LogP contribution is -2.46. The number of carboxylic acid groups (broad SMARTS) is 1. The third-order valence-corrected chi connectivity index (χ3v) is 2.85. The molecule has 19 heavy (non-hydrogen) atoms. The van der Waals surface area contributed by atoms with Gasteiger partial charge in [-0.3, -0.25) is 0 Å². The first-order valence-electron chi connectivity index (χ1n) is 5.75. The zero-order valence-corrected chi connectivity index (χ0v) is 10.4. The Morgan fingerprint density at radius 2 is 2.37 bits per heavy atom. The van der Waals surface area contributed by atoms with E-state index in [2.05, 4.69) is 9.72 Å². The Hall–Kier alpha value is -2.15. The van der Waals surface area contributed by atoms with Gasteiger partial charge in [0, 0.05) is 18.4 Å². The second-order valence-corrected chi connectivity index (χ2v) is 4.03. The number of carbonyl (C=O) groups is 2. The topological polar surface area (TPSA) is 89.0 Å². The fraction of sp³-hybridized carbons (Fsp3) is 0.417. The van der Waals surface area contributed by atoms with Crippen LogP contribution in [0.15, 0.2) is 18.3 Å². The van der Waals surface area contributed by atoms with Crippen LogP contribution in [0.25, 0.3) is 0 Å². The van der Waals surface area contributed by atoms with E-state index in [1.54, 1.807) is 12.1 Å². The monoisotopic (exact) mass is 266 g/mol. The van der Waals surface area contributed by atoms with E-state index in [0.29, 0.717) is 13.2 Å². The van der Waals surface area contributed by atoms with E-state index in [1.165, 1.54) is 13.3 Å². The summed E-state index contributed by atoms with van der Waals surface area (Å²) >= 11 is 0. The maximum absolute atomic E-state index is 11.4. The Balaban J connectivity index is 2.17. The first-order valence-corrected chi connectivity index (χ1v) is 5.75. The van der Waals surface area contributed by atoms with Crippen molar-refractivity contribution in [3.8, 4) is 0 Å². The molecule has 1 aromatic rings. The zero-order valence-electron chi connectivity index (χ0n) is 10.4. The average molecular weight is 266 g/mol. The first kappa shape index (κ1) is 13.3. The van der Waals surface area contributed by atoms with Crippen molar-refractivity contribution in [1.82, 2.24) is 4.98 Å². The predicted octanol–water partition coefficient (Wildman–Crippen LogP) is 0.158. The molecule has 1 fully saturated rings. The summed E-state index contributed by atoms with van der Waals surface area (Å²) in [5.74, 6) is -1.52. The van der Waals surface area contributed by atoms with Crippen LogP contribution in [0.5, 0.6) is 0 Å². The molecule has 2 rings (SSSR count). The number of anilines is 1. The second-order valence-electron chi connectivity index (χ2n) is 4.03. The number of aromatic nitrogens is 1. The number of hydrogen-bond acceptors (Lipinski definition) is 6. The van der Waals surface area contributed by atoms with Crippen molar-refractivity contribution in [3.05, 3.63) is 24.0 Å². The number of ether oxygens (including phenoxy) is 2. The Kier molecular flexibility index (Phi) is 3.96. The minimum atomic E-state index is -0.994. The molecule has 1 N–H and O–H groups in total. The smallest absolute Gasteiger partial charge is 0.356 e. The highest BCUT2D eigenvalue weighted by atomic mass is 16.5. The summed E-state index contributed by atoms with van der Waals surface area (Å²) < 4.78 is 9.74. The molecule has 2 heterocycles. The van der Waals surface area contributed by atoms with Crippen LogP contribution in [-0.2, 0) is 14.3 Å². The number of carbonyl (C=O) groups excluding carboxylic acids is 1. The predicted molar refractivity (Wildman–Crippen MR) is 65.2 cm³/mol. The first-order chi connectivity index (χ1) is 9.11. The second kappa shape index (κ2) is 5.66. The van der Waals surface area contributed by atoms with Crippen LogP contribution in [0, 0.1) is 0 Å². The maximum Gasteiger partial charge on any atom is 0.356 e. The lowest BCUT2D eigenvalue weighted by atomic mass is 10.2. The molecule has 0 aliphatic carbocycles. The van der Waals surface area contributed by atoms with Crippen LogP contribution in [0.1, 0.15) is 10.5 Å². The molecule has 0 bridgehead atoms. The van der Waals surface area contributed by atoms with Crippen LogP contribution in [0.2, 0.25) is 0 Å². The Labute approximate surface area is 109 Å². The number of rotatable bonds is 3. The van der Waals surface area contributed by atoms with Gasteiger partial charge in [-0.1, -0.05) is 0 Å². The van der Waals surface area contributed by atoms with Crippen molar-refractivity contribution < 1.29 is 24.2 Å². The van der Waals surface area contributed by atoms with Gasteiger partial charge in [0.05, 0.1) is 20.3 Å². The minimum absolute atomic E-state index is 0.193. The van der Waals surface area contributed by atoms with Gasteiger partial charge < -0.3 is 19.5 Å². The SMILES string of the molecule is COC(=O)c1cc(N2CCOC(C(=O)O)C2)ccn1. The summed E-state index contributed by atoms with van der Waals surface area (Å²) in [6.45, 7) is 1.13. The van der Waals surface area contributed by atoms with Gasteiger partial charge in [-0.05, 0) is 12.1 Å². The highest BCUT2D eigenvalue weighted by Crippen LogP contribution is 2.18. The standard InChI is InChI=1S/C12H14N2O5/c1-18-12(17)9-6-8(2-3-13-9)14-4-5-19-10(7-14)11(15)16/h2-3,6,10H,4-5,7H2,1H3,(H,15,16). The third kappa shape index (κ3) is 3.00. The van der Waals surface area contributed by atoms with Crippen LogP contribution in [-0.4, -0.2) is 54.9 Å². The highest BCUT2D eigenvalue weighted by molar-refractivity contribution is 5.88. The summed E-state index contributed by atoms with van der Waals surface area (Å²) in [6, 6.07) is 3.30. The molecule has 1 unspecified atom stereocenters. The fourth-order valence-electron chi connectivity index (χ4n) is 1.87. The minimum Gasteiger partial charge on any atom is -0.479 e. The van der Waals surface area contributed by atoms with Crippen LogP contribution in [0.3, 0.4) is 0 Å². The molecule has 0 radical (unpaired) electrons. The quantitative estimate of drug-likeness (QED) is 0.779. The Morgan fingerprint density at radius 3 is 3.05 bits per heavy atom. The normalized spacial score (nSPS) is 19.0. The number of morpholine rings is 1. The largest absolute Gasteiger partial charge is 0.479 e. The van der Waals surface area contributed by atoms with Crippen molar-refractivity contribution >= 4 is 17.6 Å². The fourth-order valence-corrected chi connectivity index (χ4v) is 1.87. The van der Waals surface area contributed by atoms with Crippen LogP contribution < -0.4 is 4.90 Å². The molecule has 0 amide bonds. The van der Waals surface area contributed by atoms with Gasteiger partial charge in [0.1, 0.15) is 5.69 Å². The van der Waals surface area contributed by atoms with Gasteiger partial charge in [0.2, 0.25) is 0 Å². The molecule has 0 aromatic carbocycles. The van der Waals surface area contributed by atoms with Crippen molar-refractivity contribution in [2.45, 2.75) is 6.10 Å². The van der Waals surface area contributed by atoms with E-state index in [1.807, 2.05) is 4.90 Å². The van der Waals surface area contributed by atoms with E-state index < -0.39 is 18.0 Å². The molecule has 1 atom stereocenters. The Morgan fingerprint density at radius 1 is 1.58 bits per heavy atom. The summed E-state index contributed by atoms with van der Waals surface area (Å²) in [7, 11) is 1.28. The number of nitrogens with zero attached hydrogens (tertiary/aromatic N) is 2. The van der Waals surface area contributed by atoms with Crippen molar-refractivity contribution in [2.75, 3.05) is 31.7 Å². The highest BCUT2D eigenvalue weighted by Gasteiger charge is 2.26. The van der Waals surface area contributed by atoms with Crippen molar-refractivity contribution in [3.63, 3.8) is 0 Å². The van der Waals surface area contributed by atoms with E-state index in [0.717, 1.165) is 5.69 Å². The lowest BCUT2D eigenvalue weighted by molar-refractivity contribution is -0.150. The van der Waals surface area contributed by atoms with Gasteiger partial charge in [-0.15, -0.1) is 0 Å². The van der Waals surface area contributed by atoms with E-state index in [9.17, 15) is 9.59 Å². The van der Waals surface area contributed by atoms with Gasteiger partial charge >= 0.3 is 11.9 Å². The summed E-state index contributed by atoms with van der Waals surface area (Å²) in [4.78, 5) is 28.1. The number of esters is 1.